The van der Waals surface area contributed by atoms with Crippen LogP contribution in [-0.4, -0.2) is 56.5 Å². The summed E-state index contributed by atoms with van der Waals surface area (Å²) in [5, 5.41) is 3.44. The van der Waals surface area contributed by atoms with Gasteiger partial charge in [0.2, 0.25) is 0 Å². The molecule has 1 fully saturated rings. The Kier molecular flexibility index (Phi) is 7.30. The molecule has 1 amide bonds. The van der Waals surface area contributed by atoms with Crippen LogP contribution >= 0.6 is 0 Å². The summed E-state index contributed by atoms with van der Waals surface area (Å²) in [6.07, 6.45) is 3.08. The molecule has 0 aliphatic carbocycles. The normalized spacial score (nSPS) is 20.0. The van der Waals surface area contributed by atoms with E-state index >= 15 is 0 Å². The molecule has 0 aromatic rings. The predicted molar refractivity (Wildman–Crippen MR) is 79.9 cm³/mol. The highest BCUT2D eigenvalue weighted by Gasteiger charge is 2.27. The first-order chi connectivity index (χ1) is 9.42. The van der Waals surface area contributed by atoms with E-state index in [0.717, 1.165) is 45.6 Å². The molecule has 0 bridgehead atoms. The van der Waals surface area contributed by atoms with Gasteiger partial charge in [0.15, 0.2) is 0 Å². The number of rotatable bonds is 6. The third kappa shape index (κ3) is 7.10. The molecule has 1 N–H and O–H groups in total. The highest BCUT2D eigenvalue weighted by atomic mass is 16.6. The smallest absolute Gasteiger partial charge is 0.410 e. The molecule has 0 saturated carbocycles. The lowest BCUT2D eigenvalue weighted by atomic mass is 9.98. The van der Waals surface area contributed by atoms with Crippen molar-refractivity contribution < 1.29 is 14.3 Å². The zero-order chi connectivity index (χ0) is 15.0. The number of nitrogens with zero attached hydrogens (tertiary/aromatic N) is 1. The quantitative estimate of drug-likeness (QED) is 0.761. The molecular formula is C15H30N2O3. The number of nitrogens with one attached hydrogen (secondary N) is 1. The first-order valence-corrected chi connectivity index (χ1v) is 7.60. The molecule has 1 aliphatic rings. The fourth-order valence-electron chi connectivity index (χ4n) is 2.37. The molecule has 118 valence electrons. The van der Waals surface area contributed by atoms with Crippen LogP contribution in [0.25, 0.3) is 0 Å². The molecule has 1 saturated heterocycles. The van der Waals surface area contributed by atoms with Gasteiger partial charge in [0.1, 0.15) is 5.60 Å². The lowest BCUT2D eigenvalue weighted by molar-refractivity contribution is 0.0166. The predicted octanol–water partition coefficient (Wildman–Crippen LogP) is 2.26. The number of hydrogen-bond acceptors (Lipinski definition) is 4. The Balaban J connectivity index is 2.26. The Morgan fingerprint density at radius 2 is 2.15 bits per heavy atom. The average molecular weight is 286 g/mol. The van der Waals surface area contributed by atoms with E-state index in [9.17, 15) is 4.79 Å². The lowest BCUT2D eigenvalue weighted by Gasteiger charge is -2.34. The number of likely N-dealkylation sites (tertiary alicyclic amines) is 1. The molecule has 5 heteroatoms. The molecule has 5 nitrogen and oxygen atoms in total. The van der Waals surface area contributed by atoms with Crippen LogP contribution in [0.1, 0.15) is 40.0 Å². The second-order valence-electron chi connectivity index (χ2n) is 6.49. The topological polar surface area (TPSA) is 50.8 Å². The van der Waals surface area contributed by atoms with Crippen LogP contribution in [0.4, 0.5) is 4.79 Å². The number of methoxy groups -OCH3 is 1. The summed E-state index contributed by atoms with van der Waals surface area (Å²) in [5.41, 5.74) is -0.414. The zero-order valence-electron chi connectivity index (χ0n) is 13.4. The van der Waals surface area contributed by atoms with Gasteiger partial charge in [-0.2, -0.15) is 0 Å². The maximum atomic E-state index is 12.0. The summed E-state index contributed by atoms with van der Waals surface area (Å²) >= 11 is 0. The summed E-state index contributed by atoms with van der Waals surface area (Å²) < 4.78 is 10.5. The molecule has 0 aromatic carbocycles. The standard InChI is InChI=1S/C15H30N2O3/c1-15(2,3)20-14(18)17-9-5-7-13(12-17)11-16-8-6-10-19-4/h13,16H,5-12H2,1-4H3. The molecule has 1 atom stereocenters. The van der Waals surface area contributed by atoms with E-state index in [2.05, 4.69) is 5.32 Å². The van der Waals surface area contributed by atoms with Crippen molar-refractivity contribution in [2.75, 3.05) is 39.9 Å². The van der Waals surface area contributed by atoms with Gasteiger partial charge in [0.05, 0.1) is 0 Å². The lowest BCUT2D eigenvalue weighted by Crippen LogP contribution is -2.45. The Morgan fingerprint density at radius 3 is 2.80 bits per heavy atom. The number of ether oxygens (including phenoxy) is 2. The second-order valence-corrected chi connectivity index (χ2v) is 6.49. The van der Waals surface area contributed by atoms with Crippen molar-refractivity contribution >= 4 is 6.09 Å². The van der Waals surface area contributed by atoms with Crippen molar-refractivity contribution in [2.45, 2.75) is 45.6 Å². The van der Waals surface area contributed by atoms with Crippen LogP contribution in [0, 0.1) is 5.92 Å². The zero-order valence-corrected chi connectivity index (χ0v) is 13.4. The summed E-state index contributed by atoms with van der Waals surface area (Å²) in [6.45, 7) is 10.1. The third-order valence-electron chi connectivity index (χ3n) is 3.31. The molecule has 0 aromatic heterocycles. The maximum absolute atomic E-state index is 12.0. The van der Waals surface area contributed by atoms with E-state index in [1.165, 1.54) is 6.42 Å². The van der Waals surface area contributed by atoms with Crippen molar-refractivity contribution in [3.63, 3.8) is 0 Å². The van der Waals surface area contributed by atoms with Gasteiger partial charge in [0.25, 0.3) is 0 Å². The number of hydrogen-bond donors (Lipinski definition) is 1. The Morgan fingerprint density at radius 1 is 1.40 bits per heavy atom. The summed E-state index contributed by atoms with van der Waals surface area (Å²) in [4.78, 5) is 13.9. The summed E-state index contributed by atoms with van der Waals surface area (Å²) in [5.74, 6) is 0.527. The minimum atomic E-state index is -0.414. The van der Waals surface area contributed by atoms with Gasteiger partial charge >= 0.3 is 6.09 Å². The van der Waals surface area contributed by atoms with E-state index in [0.29, 0.717) is 5.92 Å². The first-order valence-electron chi connectivity index (χ1n) is 7.60. The number of carbonyl (C=O) groups excluding carboxylic acids is 1. The molecule has 0 radical (unpaired) electrons. The fourth-order valence-corrected chi connectivity index (χ4v) is 2.37. The maximum Gasteiger partial charge on any atom is 0.410 e. The van der Waals surface area contributed by atoms with E-state index in [4.69, 9.17) is 9.47 Å². The molecular weight excluding hydrogens is 256 g/mol. The van der Waals surface area contributed by atoms with Crippen LogP contribution in [0.2, 0.25) is 0 Å². The van der Waals surface area contributed by atoms with E-state index < -0.39 is 5.60 Å². The highest BCUT2D eigenvalue weighted by Crippen LogP contribution is 2.18. The van der Waals surface area contributed by atoms with Crippen LogP contribution in [-0.2, 0) is 9.47 Å². The summed E-state index contributed by atoms with van der Waals surface area (Å²) in [6, 6.07) is 0. The van der Waals surface area contributed by atoms with Gasteiger partial charge in [-0.15, -0.1) is 0 Å². The minimum absolute atomic E-state index is 0.179. The van der Waals surface area contributed by atoms with Crippen LogP contribution in [0.5, 0.6) is 0 Å². The molecule has 1 heterocycles. The molecule has 1 unspecified atom stereocenters. The van der Waals surface area contributed by atoms with Gasteiger partial charge in [-0.25, -0.2) is 4.79 Å². The fraction of sp³-hybridized carbons (Fsp3) is 0.933. The Hall–Kier alpha value is -0.810. The van der Waals surface area contributed by atoms with Crippen molar-refractivity contribution in [3.05, 3.63) is 0 Å². The molecule has 1 aliphatic heterocycles. The van der Waals surface area contributed by atoms with Crippen molar-refractivity contribution in [1.82, 2.24) is 10.2 Å². The molecule has 20 heavy (non-hydrogen) atoms. The molecule has 0 spiro atoms. The Labute approximate surface area is 123 Å². The van der Waals surface area contributed by atoms with Gasteiger partial charge in [-0.05, 0) is 59.0 Å². The summed E-state index contributed by atoms with van der Waals surface area (Å²) in [7, 11) is 1.72. The van der Waals surface area contributed by atoms with Crippen LogP contribution in [0.3, 0.4) is 0 Å². The van der Waals surface area contributed by atoms with Crippen molar-refractivity contribution in [1.29, 1.82) is 0 Å². The van der Waals surface area contributed by atoms with Gasteiger partial charge < -0.3 is 19.7 Å². The monoisotopic (exact) mass is 286 g/mol. The number of carbonyl (C=O) groups is 1. The Bertz CT molecular complexity index is 289. The second kappa shape index (κ2) is 8.47. The molecule has 1 rings (SSSR count). The van der Waals surface area contributed by atoms with E-state index in [1.807, 2.05) is 25.7 Å². The van der Waals surface area contributed by atoms with E-state index in [1.54, 1.807) is 7.11 Å². The van der Waals surface area contributed by atoms with Gasteiger partial charge in [0, 0.05) is 26.8 Å². The highest BCUT2D eigenvalue weighted by molar-refractivity contribution is 5.68. The largest absolute Gasteiger partial charge is 0.444 e. The average Bonchev–Trinajstić information content (AvgIpc) is 2.37. The van der Waals surface area contributed by atoms with Crippen molar-refractivity contribution in [2.24, 2.45) is 5.92 Å². The minimum Gasteiger partial charge on any atom is -0.444 e. The van der Waals surface area contributed by atoms with Crippen LogP contribution < -0.4 is 5.32 Å². The van der Waals surface area contributed by atoms with Gasteiger partial charge in [-0.3, -0.25) is 0 Å². The first kappa shape index (κ1) is 17.2. The SMILES string of the molecule is COCCCNCC1CCCN(C(=O)OC(C)(C)C)C1. The van der Waals surface area contributed by atoms with Crippen LogP contribution in [0.15, 0.2) is 0 Å². The number of piperidine rings is 1. The van der Waals surface area contributed by atoms with Gasteiger partial charge in [-0.1, -0.05) is 0 Å². The van der Waals surface area contributed by atoms with Crippen molar-refractivity contribution in [3.8, 4) is 0 Å². The number of amides is 1. The van der Waals surface area contributed by atoms with E-state index in [-0.39, 0.29) is 6.09 Å². The third-order valence-corrected chi connectivity index (χ3v) is 3.31.